The molecule has 0 unspecified atom stereocenters. The van der Waals surface area contributed by atoms with Crippen molar-refractivity contribution in [3.63, 3.8) is 0 Å². The van der Waals surface area contributed by atoms with Crippen molar-refractivity contribution in [3.05, 3.63) is 46.7 Å². The van der Waals surface area contributed by atoms with Gasteiger partial charge in [-0.05, 0) is 37.3 Å². The van der Waals surface area contributed by atoms with Crippen LogP contribution in [0.15, 0.2) is 35.2 Å². The van der Waals surface area contributed by atoms with Gasteiger partial charge >= 0.3 is 0 Å². The Morgan fingerprint density at radius 1 is 1.24 bits per heavy atom. The lowest BCUT2D eigenvalue weighted by Crippen LogP contribution is -2.24. The maximum Gasteiger partial charge on any atom is 0.240 e. The molecule has 0 amide bonds. The Hall–Kier alpha value is -1.70. The standard InChI is InChI=1S/C13H14ClN3O3S/c1-9-3-4-10(17-16-9)8-15-21(18,19)11-5-6-13(20-2)12(14)7-11/h3-7,15H,8H2,1-2H3. The van der Waals surface area contributed by atoms with Crippen LogP contribution in [0.4, 0.5) is 0 Å². The lowest BCUT2D eigenvalue weighted by Gasteiger charge is -2.08. The molecule has 1 aromatic carbocycles. The normalized spacial score (nSPS) is 11.4. The van der Waals surface area contributed by atoms with Crippen molar-refractivity contribution in [1.29, 1.82) is 0 Å². The van der Waals surface area contributed by atoms with Gasteiger partial charge in [0.1, 0.15) is 5.75 Å². The number of nitrogens with zero attached hydrogens (tertiary/aromatic N) is 2. The summed E-state index contributed by atoms with van der Waals surface area (Å²) in [4.78, 5) is 0.0633. The summed E-state index contributed by atoms with van der Waals surface area (Å²) in [6.45, 7) is 1.86. The molecule has 1 N–H and O–H groups in total. The molecule has 0 aliphatic rings. The molecule has 1 heterocycles. The minimum atomic E-state index is -3.67. The maximum absolute atomic E-state index is 12.2. The highest BCUT2D eigenvalue weighted by Gasteiger charge is 2.16. The van der Waals surface area contributed by atoms with Crippen molar-refractivity contribution in [2.24, 2.45) is 0 Å². The lowest BCUT2D eigenvalue weighted by atomic mass is 10.3. The predicted octanol–water partition coefficient (Wildman–Crippen LogP) is 1.93. The molecule has 0 spiro atoms. The molecule has 8 heteroatoms. The van der Waals surface area contributed by atoms with Crippen molar-refractivity contribution >= 4 is 21.6 Å². The zero-order valence-electron chi connectivity index (χ0n) is 11.5. The molecule has 112 valence electrons. The van der Waals surface area contributed by atoms with E-state index in [0.717, 1.165) is 5.69 Å². The Morgan fingerprint density at radius 3 is 2.57 bits per heavy atom. The van der Waals surface area contributed by atoms with Crippen LogP contribution in [-0.2, 0) is 16.6 Å². The molecule has 0 bridgehead atoms. The Kier molecular flexibility index (Phi) is 4.76. The van der Waals surface area contributed by atoms with Crippen LogP contribution in [0.5, 0.6) is 5.75 Å². The zero-order valence-corrected chi connectivity index (χ0v) is 13.1. The maximum atomic E-state index is 12.2. The van der Waals surface area contributed by atoms with Gasteiger partial charge in [-0.25, -0.2) is 13.1 Å². The van der Waals surface area contributed by atoms with Crippen LogP contribution in [0.2, 0.25) is 5.02 Å². The summed E-state index contributed by atoms with van der Waals surface area (Å²) >= 11 is 5.93. The second-order valence-corrected chi connectivity index (χ2v) is 6.46. The van der Waals surface area contributed by atoms with E-state index >= 15 is 0 Å². The fourth-order valence-electron chi connectivity index (χ4n) is 1.59. The van der Waals surface area contributed by atoms with Crippen molar-refractivity contribution in [3.8, 4) is 5.75 Å². The Balaban J connectivity index is 2.14. The largest absolute Gasteiger partial charge is 0.495 e. The first-order valence-electron chi connectivity index (χ1n) is 6.05. The molecule has 0 saturated carbocycles. The minimum Gasteiger partial charge on any atom is -0.495 e. The number of halogens is 1. The number of aryl methyl sites for hydroxylation is 1. The first-order valence-corrected chi connectivity index (χ1v) is 7.91. The van der Waals surface area contributed by atoms with Gasteiger partial charge in [-0.3, -0.25) is 0 Å². The van der Waals surface area contributed by atoms with Gasteiger partial charge in [0.25, 0.3) is 0 Å². The summed E-state index contributed by atoms with van der Waals surface area (Å²) in [5.74, 6) is 0.417. The van der Waals surface area contributed by atoms with E-state index in [0.29, 0.717) is 11.4 Å². The van der Waals surface area contributed by atoms with Crippen molar-refractivity contribution < 1.29 is 13.2 Å². The first kappa shape index (κ1) is 15.7. The monoisotopic (exact) mass is 327 g/mol. The second kappa shape index (κ2) is 6.38. The quantitative estimate of drug-likeness (QED) is 0.907. The van der Waals surface area contributed by atoms with Gasteiger partial charge < -0.3 is 4.74 Å². The van der Waals surface area contributed by atoms with Gasteiger partial charge in [0.15, 0.2) is 0 Å². The lowest BCUT2D eigenvalue weighted by molar-refractivity contribution is 0.414. The number of sulfonamides is 1. The Labute approximate surface area is 128 Å². The molecule has 2 rings (SSSR count). The van der Waals surface area contributed by atoms with E-state index in [9.17, 15) is 8.42 Å². The Bertz CT molecular complexity index is 733. The van der Waals surface area contributed by atoms with Gasteiger partial charge in [-0.15, -0.1) is 0 Å². The number of ether oxygens (including phenoxy) is 1. The van der Waals surface area contributed by atoms with E-state index in [-0.39, 0.29) is 16.5 Å². The molecule has 1 aromatic heterocycles. The van der Waals surface area contributed by atoms with E-state index in [2.05, 4.69) is 14.9 Å². The Morgan fingerprint density at radius 2 is 2.00 bits per heavy atom. The molecule has 0 saturated heterocycles. The number of hydrogen-bond donors (Lipinski definition) is 1. The molecule has 2 aromatic rings. The molecular weight excluding hydrogens is 314 g/mol. The van der Waals surface area contributed by atoms with Crippen LogP contribution in [0, 0.1) is 6.92 Å². The molecule has 0 radical (unpaired) electrons. The van der Waals surface area contributed by atoms with Gasteiger partial charge in [-0.1, -0.05) is 11.6 Å². The van der Waals surface area contributed by atoms with E-state index in [1.165, 1.54) is 25.3 Å². The number of nitrogens with one attached hydrogen (secondary N) is 1. The average Bonchev–Trinajstić information content (AvgIpc) is 2.46. The molecule has 0 aliphatic heterocycles. The highest BCUT2D eigenvalue weighted by molar-refractivity contribution is 7.89. The van der Waals surface area contributed by atoms with Crippen molar-refractivity contribution in [1.82, 2.24) is 14.9 Å². The van der Waals surface area contributed by atoms with Gasteiger partial charge in [0, 0.05) is 0 Å². The third-order valence-corrected chi connectivity index (χ3v) is 4.42. The summed E-state index contributed by atoms with van der Waals surface area (Å²) in [5.41, 5.74) is 1.30. The van der Waals surface area contributed by atoms with Crippen LogP contribution in [0.1, 0.15) is 11.4 Å². The minimum absolute atomic E-state index is 0.0548. The van der Waals surface area contributed by atoms with Crippen molar-refractivity contribution in [2.45, 2.75) is 18.4 Å². The summed E-state index contributed by atoms with van der Waals surface area (Å²) in [7, 11) is -2.21. The summed E-state index contributed by atoms with van der Waals surface area (Å²) < 4.78 is 31.8. The van der Waals surface area contributed by atoms with E-state index in [1.807, 2.05) is 0 Å². The van der Waals surface area contributed by atoms with Crippen LogP contribution in [0.3, 0.4) is 0 Å². The van der Waals surface area contributed by atoms with Crippen molar-refractivity contribution in [2.75, 3.05) is 7.11 Å². The SMILES string of the molecule is COc1ccc(S(=O)(=O)NCc2ccc(C)nn2)cc1Cl. The van der Waals surface area contributed by atoms with Gasteiger partial charge in [-0.2, -0.15) is 10.2 Å². The molecular formula is C13H14ClN3O3S. The number of rotatable bonds is 5. The summed E-state index contributed by atoms with van der Waals surface area (Å²) in [6, 6.07) is 7.74. The molecule has 21 heavy (non-hydrogen) atoms. The summed E-state index contributed by atoms with van der Waals surface area (Å²) in [5, 5.41) is 8.00. The van der Waals surface area contributed by atoms with Crippen LogP contribution < -0.4 is 9.46 Å². The predicted molar refractivity (Wildman–Crippen MR) is 78.8 cm³/mol. The molecule has 0 aliphatic carbocycles. The number of hydrogen-bond acceptors (Lipinski definition) is 5. The first-order chi connectivity index (χ1) is 9.92. The number of benzene rings is 1. The molecule has 6 nitrogen and oxygen atoms in total. The van der Waals surface area contributed by atoms with E-state index in [1.54, 1.807) is 19.1 Å². The highest BCUT2D eigenvalue weighted by Crippen LogP contribution is 2.26. The second-order valence-electron chi connectivity index (χ2n) is 4.29. The van der Waals surface area contributed by atoms with E-state index in [4.69, 9.17) is 16.3 Å². The third kappa shape index (κ3) is 3.90. The highest BCUT2D eigenvalue weighted by atomic mass is 35.5. The smallest absolute Gasteiger partial charge is 0.240 e. The third-order valence-electron chi connectivity index (χ3n) is 2.73. The van der Waals surface area contributed by atoms with Gasteiger partial charge in [0.2, 0.25) is 10.0 Å². The van der Waals surface area contributed by atoms with E-state index < -0.39 is 10.0 Å². The zero-order chi connectivity index (χ0) is 15.5. The summed E-state index contributed by atoms with van der Waals surface area (Å²) in [6.07, 6.45) is 0. The van der Waals surface area contributed by atoms with Gasteiger partial charge in [0.05, 0.1) is 35.0 Å². The topological polar surface area (TPSA) is 81.2 Å². The van der Waals surface area contributed by atoms with Crippen LogP contribution in [0.25, 0.3) is 0 Å². The molecule has 0 atom stereocenters. The van der Waals surface area contributed by atoms with Crippen LogP contribution in [-0.4, -0.2) is 25.7 Å². The molecule has 0 fully saturated rings. The number of methoxy groups -OCH3 is 1. The fraction of sp³-hybridized carbons (Fsp3) is 0.231. The van der Waals surface area contributed by atoms with Crippen LogP contribution >= 0.6 is 11.6 Å². The fourth-order valence-corrected chi connectivity index (χ4v) is 2.93. The number of aromatic nitrogens is 2. The average molecular weight is 328 g/mol.